The molecule has 1 aliphatic rings. The molecule has 1 atom stereocenters. The number of carbonyl (C=O) groups is 2. The summed E-state index contributed by atoms with van der Waals surface area (Å²) < 4.78 is 16.2. The molecule has 174 valence electrons. The van der Waals surface area contributed by atoms with Crippen LogP contribution in [0.3, 0.4) is 0 Å². The molecule has 1 amide bonds. The van der Waals surface area contributed by atoms with E-state index in [1.165, 1.54) is 26.2 Å². The molecule has 3 aromatic rings. The van der Waals surface area contributed by atoms with Crippen molar-refractivity contribution in [3.63, 3.8) is 0 Å². The number of nitrogens with zero attached hydrogens (tertiary/aromatic N) is 3. The first-order valence-corrected chi connectivity index (χ1v) is 10.5. The number of rotatable bonds is 6. The number of hydrogen-bond donors (Lipinski definition) is 2. The Morgan fingerprint density at radius 1 is 1.15 bits per heavy atom. The van der Waals surface area contributed by atoms with Crippen LogP contribution >= 0.6 is 0 Å². The summed E-state index contributed by atoms with van der Waals surface area (Å²) in [6.07, 6.45) is 3.40. The number of fused-ring (bicyclic) bond motifs is 1. The lowest BCUT2D eigenvalue weighted by Crippen LogP contribution is -2.48. The molecule has 2 N–H and O–H groups in total. The normalized spacial score (nSPS) is 18.2. The van der Waals surface area contributed by atoms with Crippen LogP contribution in [-0.2, 0) is 0 Å². The number of ketones is 1. The van der Waals surface area contributed by atoms with Gasteiger partial charge in [-0.2, -0.15) is 0 Å². The standard InChI is InChI=1S/C23H26N4O6/c1-23(6-5-7-27(12-23)22(29)30)20(28)14-10-24-21-18(14)26-15(11-25-21)13-8-16(31-2)19(33-4)17(9-13)32-3/h8-11H,5-7,12H2,1-4H3,(H,24,25)(H,29,30). The molecule has 4 rings (SSSR count). The summed E-state index contributed by atoms with van der Waals surface area (Å²) in [5.41, 5.74) is 1.66. The van der Waals surface area contributed by atoms with Crippen molar-refractivity contribution in [1.82, 2.24) is 19.9 Å². The highest BCUT2D eigenvalue weighted by Gasteiger charge is 2.41. The van der Waals surface area contributed by atoms with Gasteiger partial charge in [0.1, 0.15) is 5.52 Å². The monoisotopic (exact) mass is 454 g/mol. The van der Waals surface area contributed by atoms with Crippen LogP contribution in [0.2, 0.25) is 0 Å². The van der Waals surface area contributed by atoms with Crippen LogP contribution in [0, 0.1) is 5.41 Å². The molecule has 1 aromatic carbocycles. The zero-order valence-corrected chi connectivity index (χ0v) is 19.0. The van der Waals surface area contributed by atoms with Crippen LogP contribution in [0.15, 0.2) is 24.5 Å². The maximum Gasteiger partial charge on any atom is 0.407 e. The molecular formula is C23H26N4O6. The van der Waals surface area contributed by atoms with Gasteiger partial charge in [0.05, 0.1) is 38.8 Å². The first-order chi connectivity index (χ1) is 15.8. The van der Waals surface area contributed by atoms with E-state index in [-0.39, 0.29) is 12.3 Å². The quantitative estimate of drug-likeness (QED) is 0.541. The molecule has 1 saturated heterocycles. The summed E-state index contributed by atoms with van der Waals surface area (Å²) in [6, 6.07) is 3.52. The van der Waals surface area contributed by atoms with Crippen LogP contribution in [0.1, 0.15) is 30.1 Å². The molecule has 0 spiro atoms. The summed E-state index contributed by atoms with van der Waals surface area (Å²) in [7, 11) is 4.59. The highest BCUT2D eigenvalue weighted by Crippen LogP contribution is 2.41. The summed E-state index contributed by atoms with van der Waals surface area (Å²) >= 11 is 0. The van der Waals surface area contributed by atoms with Crippen molar-refractivity contribution in [1.29, 1.82) is 0 Å². The Hall–Kier alpha value is -3.82. The lowest BCUT2D eigenvalue weighted by atomic mass is 9.76. The number of nitrogens with one attached hydrogen (secondary N) is 1. The van der Waals surface area contributed by atoms with E-state index in [0.717, 1.165) is 0 Å². The summed E-state index contributed by atoms with van der Waals surface area (Å²) in [5, 5.41) is 9.40. The van der Waals surface area contributed by atoms with Gasteiger partial charge in [0.2, 0.25) is 5.75 Å². The second-order valence-electron chi connectivity index (χ2n) is 8.27. The van der Waals surface area contributed by atoms with Gasteiger partial charge in [-0.3, -0.25) is 4.79 Å². The highest BCUT2D eigenvalue weighted by atomic mass is 16.5. The highest BCUT2D eigenvalue weighted by molar-refractivity contribution is 6.09. The second-order valence-corrected chi connectivity index (χ2v) is 8.27. The topological polar surface area (TPSA) is 127 Å². The third-order valence-electron chi connectivity index (χ3n) is 6.10. The number of likely N-dealkylation sites (tertiary alicyclic amines) is 1. The number of aromatic amines is 1. The van der Waals surface area contributed by atoms with Gasteiger partial charge in [0, 0.05) is 30.3 Å². The van der Waals surface area contributed by atoms with Crippen molar-refractivity contribution < 1.29 is 28.9 Å². The fraction of sp³-hybridized carbons (Fsp3) is 0.391. The molecule has 10 nitrogen and oxygen atoms in total. The van der Waals surface area contributed by atoms with Crippen LogP contribution in [-0.4, -0.2) is 71.3 Å². The number of Topliss-reactive ketones (excluding diaryl/α,β-unsaturated/α-hetero) is 1. The zero-order valence-electron chi connectivity index (χ0n) is 19.0. The van der Waals surface area contributed by atoms with Crippen molar-refractivity contribution in [3.05, 3.63) is 30.1 Å². The number of methoxy groups -OCH3 is 3. The van der Waals surface area contributed by atoms with E-state index in [9.17, 15) is 14.7 Å². The number of aromatic nitrogens is 3. The molecule has 0 saturated carbocycles. The molecule has 33 heavy (non-hydrogen) atoms. The van der Waals surface area contributed by atoms with Gasteiger partial charge in [0.15, 0.2) is 22.9 Å². The van der Waals surface area contributed by atoms with Gasteiger partial charge in [-0.15, -0.1) is 0 Å². The van der Waals surface area contributed by atoms with E-state index in [0.29, 0.717) is 64.6 Å². The molecule has 2 aromatic heterocycles. The number of carboxylic acid groups (broad SMARTS) is 1. The third-order valence-corrected chi connectivity index (χ3v) is 6.10. The molecule has 0 bridgehead atoms. The predicted octanol–water partition coefficient (Wildman–Crippen LogP) is 3.61. The second kappa shape index (κ2) is 8.61. The molecule has 1 unspecified atom stereocenters. The average molecular weight is 454 g/mol. The lowest BCUT2D eigenvalue weighted by molar-refractivity contribution is 0.0596. The molecule has 0 aliphatic carbocycles. The SMILES string of the molecule is COc1cc(-c2cnc3[nH]cc(C(=O)C4(C)CCCN(C(=O)O)C4)c3n2)cc(OC)c1OC. The van der Waals surface area contributed by atoms with Crippen LogP contribution in [0.4, 0.5) is 4.79 Å². The number of benzene rings is 1. The largest absolute Gasteiger partial charge is 0.493 e. The van der Waals surface area contributed by atoms with Crippen molar-refractivity contribution in [2.24, 2.45) is 5.41 Å². The summed E-state index contributed by atoms with van der Waals surface area (Å²) in [6.45, 7) is 2.38. The Balaban J connectivity index is 1.76. The predicted molar refractivity (Wildman–Crippen MR) is 120 cm³/mol. The fourth-order valence-corrected chi connectivity index (χ4v) is 4.35. The Morgan fingerprint density at radius 3 is 2.45 bits per heavy atom. The number of amides is 1. The Labute approximate surface area is 190 Å². The van der Waals surface area contributed by atoms with E-state index in [2.05, 4.69) is 9.97 Å². The smallest absolute Gasteiger partial charge is 0.407 e. The number of piperidine rings is 1. The summed E-state index contributed by atoms with van der Waals surface area (Å²) in [5.74, 6) is 1.25. The number of ether oxygens (including phenoxy) is 3. The van der Waals surface area contributed by atoms with Crippen LogP contribution in [0.5, 0.6) is 17.2 Å². The molecule has 0 radical (unpaired) electrons. The van der Waals surface area contributed by atoms with Gasteiger partial charge >= 0.3 is 6.09 Å². The molecule has 1 fully saturated rings. The molecule has 1 aliphatic heterocycles. The van der Waals surface area contributed by atoms with Gasteiger partial charge in [0.25, 0.3) is 0 Å². The van der Waals surface area contributed by atoms with Crippen LogP contribution < -0.4 is 14.2 Å². The Kier molecular flexibility index (Phi) is 5.84. The summed E-state index contributed by atoms with van der Waals surface area (Å²) in [4.78, 5) is 38.5. The first kappa shape index (κ1) is 22.4. The molecule has 3 heterocycles. The van der Waals surface area contributed by atoms with Crippen molar-refractivity contribution in [2.45, 2.75) is 19.8 Å². The van der Waals surface area contributed by atoms with Gasteiger partial charge in [-0.25, -0.2) is 14.8 Å². The van der Waals surface area contributed by atoms with Gasteiger partial charge < -0.3 is 29.2 Å². The van der Waals surface area contributed by atoms with Crippen molar-refractivity contribution >= 4 is 23.0 Å². The lowest BCUT2D eigenvalue weighted by Gasteiger charge is -2.37. The van der Waals surface area contributed by atoms with Gasteiger partial charge in [-0.1, -0.05) is 6.92 Å². The first-order valence-electron chi connectivity index (χ1n) is 10.5. The van der Waals surface area contributed by atoms with Crippen LogP contribution in [0.25, 0.3) is 22.4 Å². The maximum absolute atomic E-state index is 13.5. The third kappa shape index (κ3) is 3.92. The van der Waals surface area contributed by atoms with E-state index >= 15 is 0 Å². The minimum absolute atomic E-state index is 0.147. The minimum Gasteiger partial charge on any atom is -0.493 e. The molecule has 10 heteroatoms. The van der Waals surface area contributed by atoms with Crippen molar-refractivity contribution in [3.8, 4) is 28.5 Å². The Bertz CT molecular complexity index is 1200. The molecular weight excluding hydrogens is 428 g/mol. The zero-order chi connectivity index (χ0) is 23.8. The van der Waals surface area contributed by atoms with E-state index in [1.807, 2.05) is 0 Å². The fourth-order valence-electron chi connectivity index (χ4n) is 4.35. The Morgan fingerprint density at radius 2 is 1.85 bits per heavy atom. The van der Waals surface area contributed by atoms with Crippen molar-refractivity contribution in [2.75, 3.05) is 34.4 Å². The number of carbonyl (C=O) groups excluding carboxylic acids is 1. The maximum atomic E-state index is 13.5. The number of hydrogen-bond acceptors (Lipinski definition) is 7. The average Bonchev–Trinajstić information content (AvgIpc) is 3.25. The van der Waals surface area contributed by atoms with E-state index in [1.54, 1.807) is 31.5 Å². The minimum atomic E-state index is -1.02. The van der Waals surface area contributed by atoms with E-state index < -0.39 is 11.5 Å². The van der Waals surface area contributed by atoms with Gasteiger partial charge in [-0.05, 0) is 25.0 Å². The number of H-pyrrole nitrogens is 1. The van der Waals surface area contributed by atoms with E-state index in [4.69, 9.17) is 19.2 Å².